The van der Waals surface area contributed by atoms with Gasteiger partial charge in [0.05, 0.1) is 5.56 Å². The van der Waals surface area contributed by atoms with E-state index < -0.39 is 11.7 Å². The molecule has 0 bridgehead atoms. The number of halogens is 3. The zero-order valence-electron chi connectivity index (χ0n) is 10.8. The van der Waals surface area contributed by atoms with Crippen LogP contribution in [0.4, 0.5) is 13.2 Å². The van der Waals surface area contributed by atoms with Crippen LogP contribution in [0.15, 0.2) is 24.3 Å². The molecule has 0 saturated heterocycles. The third-order valence-electron chi connectivity index (χ3n) is 2.57. The SMILES string of the molecule is CCCN([B]c1cccc(C(F)(F)F)c1)CCC. The molecule has 0 N–H and O–H groups in total. The van der Waals surface area contributed by atoms with Crippen molar-refractivity contribution in [1.29, 1.82) is 0 Å². The predicted octanol–water partition coefficient (Wildman–Crippen LogP) is 3.07. The molecule has 1 nitrogen and oxygen atoms in total. The summed E-state index contributed by atoms with van der Waals surface area (Å²) in [6.07, 6.45) is -2.31. The molecule has 0 unspecified atom stereocenters. The van der Waals surface area contributed by atoms with Gasteiger partial charge in [-0.25, -0.2) is 0 Å². The Bertz CT molecular complexity index is 359. The molecule has 1 radical (unpaired) electrons. The van der Waals surface area contributed by atoms with E-state index in [0.717, 1.165) is 32.0 Å². The number of alkyl halides is 3. The Hall–Kier alpha value is -0.965. The van der Waals surface area contributed by atoms with E-state index in [-0.39, 0.29) is 0 Å². The Morgan fingerprint density at radius 2 is 1.72 bits per heavy atom. The molecule has 1 aromatic carbocycles. The highest BCUT2D eigenvalue weighted by Gasteiger charge is 2.30. The minimum absolute atomic E-state index is 0.593. The third kappa shape index (κ3) is 4.73. The molecular formula is C13H18BF3N. The van der Waals surface area contributed by atoms with E-state index in [4.69, 9.17) is 0 Å². The van der Waals surface area contributed by atoms with E-state index in [1.54, 1.807) is 6.07 Å². The quantitative estimate of drug-likeness (QED) is 0.707. The molecular weight excluding hydrogens is 238 g/mol. The zero-order valence-corrected chi connectivity index (χ0v) is 10.8. The molecule has 0 heterocycles. The summed E-state index contributed by atoms with van der Waals surface area (Å²) in [5.74, 6) is 0. The molecule has 0 aliphatic rings. The Labute approximate surface area is 107 Å². The summed E-state index contributed by atoms with van der Waals surface area (Å²) in [6, 6.07) is 5.44. The van der Waals surface area contributed by atoms with Crippen LogP contribution in [0.5, 0.6) is 0 Å². The van der Waals surface area contributed by atoms with Gasteiger partial charge in [0.2, 0.25) is 7.41 Å². The lowest BCUT2D eigenvalue weighted by Crippen LogP contribution is -2.37. The van der Waals surface area contributed by atoms with Crippen LogP contribution in [-0.4, -0.2) is 25.3 Å². The first-order valence-electron chi connectivity index (χ1n) is 6.23. The highest BCUT2D eigenvalue weighted by molar-refractivity contribution is 6.50. The molecule has 1 aromatic rings. The molecule has 5 heteroatoms. The summed E-state index contributed by atoms with van der Waals surface area (Å²) in [5.41, 5.74) is 0.0101. The Morgan fingerprint density at radius 1 is 1.11 bits per heavy atom. The van der Waals surface area contributed by atoms with E-state index >= 15 is 0 Å². The summed E-state index contributed by atoms with van der Waals surface area (Å²) in [4.78, 5) is 2.06. The van der Waals surface area contributed by atoms with E-state index in [9.17, 15) is 13.2 Å². The number of rotatable bonds is 6. The lowest BCUT2D eigenvalue weighted by Gasteiger charge is -2.20. The highest BCUT2D eigenvalue weighted by atomic mass is 19.4. The van der Waals surface area contributed by atoms with Gasteiger partial charge < -0.3 is 4.81 Å². The second-order valence-corrected chi connectivity index (χ2v) is 4.29. The molecule has 0 aliphatic carbocycles. The maximum atomic E-state index is 12.6. The molecule has 0 saturated carbocycles. The van der Waals surface area contributed by atoms with Gasteiger partial charge in [-0.1, -0.05) is 43.6 Å². The predicted molar refractivity (Wildman–Crippen MR) is 69.0 cm³/mol. The fourth-order valence-corrected chi connectivity index (χ4v) is 1.82. The topological polar surface area (TPSA) is 3.24 Å². The van der Waals surface area contributed by atoms with Crippen molar-refractivity contribution in [2.45, 2.75) is 32.9 Å². The first-order chi connectivity index (χ1) is 8.47. The van der Waals surface area contributed by atoms with Gasteiger partial charge in [-0.2, -0.15) is 13.2 Å². The molecule has 0 atom stereocenters. The van der Waals surface area contributed by atoms with Crippen LogP contribution in [0, 0.1) is 0 Å². The van der Waals surface area contributed by atoms with Crippen molar-refractivity contribution >= 4 is 12.9 Å². The van der Waals surface area contributed by atoms with Gasteiger partial charge in [0.15, 0.2) is 0 Å². The van der Waals surface area contributed by atoms with Gasteiger partial charge in [0.1, 0.15) is 0 Å². The zero-order chi connectivity index (χ0) is 13.6. The smallest absolute Gasteiger partial charge is 0.342 e. The van der Waals surface area contributed by atoms with Crippen molar-refractivity contribution < 1.29 is 13.2 Å². The van der Waals surface area contributed by atoms with Crippen LogP contribution in [0.2, 0.25) is 0 Å². The van der Waals surface area contributed by atoms with E-state index in [1.807, 2.05) is 7.41 Å². The minimum Gasteiger partial charge on any atom is -0.342 e. The van der Waals surface area contributed by atoms with Crippen LogP contribution < -0.4 is 5.46 Å². The summed E-state index contributed by atoms with van der Waals surface area (Å²) in [5, 5.41) is 0. The fourth-order valence-electron chi connectivity index (χ4n) is 1.82. The summed E-state index contributed by atoms with van der Waals surface area (Å²) in [7, 11) is 1.81. The van der Waals surface area contributed by atoms with Crippen molar-refractivity contribution in [2.24, 2.45) is 0 Å². The van der Waals surface area contributed by atoms with Crippen molar-refractivity contribution in [1.82, 2.24) is 4.81 Å². The molecule has 1 rings (SSSR count). The number of benzene rings is 1. The Kier molecular flexibility index (Phi) is 5.73. The van der Waals surface area contributed by atoms with Crippen LogP contribution >= 0.6 is 0 Å². The lowest BCUT2D eigenvalue weighted by atomic mass is 9.79. The average Bonchev–Trinajstić information content (AvgIpc) is 2.29. The van der Waals surface area contributed by atoms with Gasteiger partial charge in [0.25, 0.3) is 0 Å². The monoisotopic (exact) mass is 256 g/mol. The van der Waals surface area contributed by atoms with Crippen LogP contribution in [-0.2, 0) is 6.18 Å². The van der Waals surface area contributed by atoms with Crippen molar-refractivity contribution in [3.63, 3.8) is 0 Å². The van der Waals surface area contributed by atoms with E-state index in [0.29, 0.717) is 5.46 Å². The summed E-state index contributed by atoms with van der Waals surface area (Å²) in [6.45, 7) is 5.85. The molecule has 0 aromatic heterocycles. The standard InChI is InChI=1S/C13H18BF3N/c1-3-8-18(9-4-2)14-12-7-5-6-11(10-12)13(15,16)17/h5-7,10H,3-4,8-9H2,1-2H3. The summed E-state index contributed by atoms with van der Waals surface area (Å²) < 4.78 is 37.7. The maximum absolute atomic E-state index is 12.6. The molecule has 18 heavy (non-hydrogen) atoms. The maximum Gasteiger partial charge on any atom is 0.416 e. The number of hydrogen-bond donors (Lipinski definition) is 0. The van der Waals surface area contributed by atoms with Gasteiger partial charge in [0, 0.05) is 0 Å². The van der Waals surface area contributed by atoms with Crippen molar-refractivity contribution in [3.05, 3.63) is 29.8 Å². The molecule has 0 spiro atoms. The van der Waals surface area contributed by atoms with Crippen molar-refractivity contribution in [3.8, 4) is 0 Å². The third-order valence-corrected chi connectivity index (χ3v) is 2.57. The Morgan fingerprint density at radius 3 is 2.22 bits per heavy atom. The largest absolute Gasteiger partial charge is 0.416 e. The van der Waals surface area contributed by atoms with Crippen molar-refractivity contribution in [2.75, 3.05) is 13.1 Å². The molecule has 0 aliphatic heterocycles. The second-order valence-electron chi connectivity index (χ2n) is 4.29. The molecule has 0 fully saturated rings. The van der Waals surface area contributed by atoms with Gasteiger partial charge in [-0.3, -0.25) is 0 Å². The van der Waals surface area contributed by atoms with Crippen LogP contribution in [0.1, 0.15) is 32.3 Å². The average molecular weight is 256 g/mol. The lowest BCUT2D eigenvalue weighted by molar-refractivity contribution is -0.137. The van der Waals surface area contributed by atoms with E-state index in [1.165, 1.54) is 12.1 Å². The Balaban J connectivity index is 2.77. The second kappa shape index (κ2) is 6.83. The normalized spacial score (nSPS) is 11.9. The minimum atomic E-state index is -4.27. The molecule has 0 amide bonds. The molecule has 99 valence electrons. The van der Waals surface area contributed by atoms with Gasteiger partial charge in [-0.05, 0) is 25.9 Å². The van der Waals surface area contributed by atoms with Crippen LogP contribution in [0.25, 0.3) is 0 Å². The van der Waals surface area contributed by atoms with E-state index in [2.05, 4.69) is 18.7 Å². The van der Waals surface area contributed by atoms with Crippen LogP contribution in [0.3, 0.4) is 0 Å². The van der Waals surface area contributed by atoms with Gasteiger partial charge in [-0.15, -0.1) is 0 Å². The van der Waals surface area contributed by atoms with Gasteiger partial charge >= 0.3 is 6.18 Å². The first-order valence-corrected chi connectivity index (χ1v) is 6.23. The summed E-state index contributed by atoms with van der Waals surface area (Å²) >= 11 is 0. The number of nitrogens with zero attached hydrogens (tertiary/aromatic N) is 1. The first kappa shape index (κ1) is 15.1. The fraction of sp³-hybridized carbons (Fsp3) is 0.538. The number of hydrogen-bond acceptors (Lipinski definition) is 1. The highest BCUT2D eigenvalue weighted by Crippen LogP contribution is 2.28.